The van der Waals surface area contributed by atoms with Crippen molar-refractivity contribution in [2.75, 3.05) is 18.5 Å². The first-order valence-corrected chi connectivity index (χ1v) is 10.5. The molecule has 1 N–H and O–H groups in total. The van der Waals surface area contributed by atoms with Crippen LogP contribution in [0, 0.1) is 0 Å². The second-order valence-electron chi connectivity index (χ2n) is 7.56. The lowest BCUT2D eigenvalue weighted by Gasteiger charge is -2.18. The number of hydrogen-bond acceptors (Lipinski definition) is 5. The Kier molecular flexibility index (Phi) is 5.10. The van der Waals surface area contributed by atoms with Crippen LogP contribution in [0.3, 0.4) is 0 Å². The van der Waals surface area contributed by atoms with Gasteiger partial charge in [0.1, 0.15) is 17.9 Å². The van der Waals surface area contributed by atoms with Crippen LogP contribution >= 0.6 is 0 Å². The van der Waals surface area contributed by atoms with Crippen LogP contribution in [-0.4, -0.2) is 39.6 Å². The molecule has 0 atom stereocenters. The van der Waals surface area contributed by atoms with Gasteiger partial charge in [-0.2, -0.15) is 5.10 Å². The van der Waals surface area contributed by atoms with Gasteiger partial charge in [-0.05, 0) is 43.3 Å². The van der Waals surface area contributed by atoms with E-state index in [0.717, 1.165) is 16.7 Å². The molecule has 0 unspecified atom stereocenters. The Balaban J connectivity index is 1.34. The lowest BCUT2D eigenvalue weighted by molar-refractivity contribution is 0.0703. The quantitative estimate of drug-likeness (QED) is 0.530. The minimum atomic E-state index is -0.292. The largest absolute Gasteiger partial charge is 0.491 e. The van der Waals surface area contributed by atoms with Crippen molar-refractivity contribution in [2.24, 2.45) is 0 Å². The number of nitrogens with one attached hydrogen (secondary N) is 1. The van der Waals surface area contributed by atoms with Gasteiger partial charge in [-0.25, -0.2) is 0 Å². The number of nitrogens with zero attached hydrogens (tertiary/aromatic N) is 3. The Bertz CT molecular complexity index is 1310. The van der Waals surface area contributed by atoms with Crippen LogP contribution < -0.4 is 10.1 Å². The number of carbonyl (C=O) groups excluding carboxylic acids is 2. The number of amides is 2. The number of rotatable bonds is 4. The summed E-state index contributed by atoms with van der Waals surface area (Å²) in [6.07, 6.45) is 1.76. The minimum Gasteiger partial charge on any atom is -0.491 e. The van der Waals surface area contributed by atoms with E-state index < -0.39 is 0 Å². The van der Waals surface area contributed by atoms with Gasteiger partial charge in [-0.1, -0.05) is 18.2 Å². The molecule has 0 aliphatic carbocycles. The number of furan rings is 1. The van der Waals surface area contributed by atoms with Gasteiger partial charge in [0.15, 0.2) is 11.5 Å². The fourth-order valence-corrected chi connectivity index (χ4v) is 3.74. The summed E-state index contributed by atoms with van der Waals surface area (Å²) >= 11 is 0. The highest BCUT2D eigenvalue weighted by Gasteiger charge is 2.23. The van der Waals surface area contributed by atoms with Crippen molar-refractivity contribution in [2.45, 2.75) is 20.0 Å². The molecule has 0 bridgehead atoms. The number of benzene rings is 2. The predicted octanol–water partition coefficient (Wildman–Crippen LogP) is 3.94. The summed E-state index contributed by atoms with van der Waals surface area (Å²) in [5.74, 6) is 0.567. The number of para-hydroxylation sites is 1. The molecule has 5 rings (SSSR count). The molecule has 2 aromatic carbocycles. The van der Waals surface area contributed by atoms with Crippen molar-refractivity contribution in [3.8, 4) is 5.75 Å². The number of fused-ring (bicyclic) bond motifs is 2. The number of aromatic nitrogens is 2. The number of ether oxygens (including phenoxy) is 1. The molecular weight excluding hydrogens is 408 g/mol. The maximum atomic E-state index is 13.1. The van der Waals surface area contributed by atoms with Crippen LogP contribution in [0.15, 0.2) is 65.2 Å². The number of hydrogen-bond donors (Lipinski definition) is 1. The minimum absolute atomic E-state index is 0.197. The first-order valence-electron chi connectivity index (χ1n) is 10.5. The van der Waals surface area contributed by atoms with E-state index in [-0.39, 0.29) is 17.6 Å². The smallest absolute Gasteiger partial charge is 0.290 e. The maximum absolute atomic E-state index is 13.1. The lowest BCUT2D eigenvalue weighted by Crippen LogP contribution is -2.32. The van der Waals surface area contributed by atoms with Gasteiger partial charge >= 0.3 is 0 Å². The van der Waals surface area contributed by atoms with E-state index in [0.29, 0.717) is 43.2 Å². The lowest BCUT2D eigenvalue weighted by atomic mass is 10.2. The normalized spacial score (nSPS) is 13.3. The highest BCUT2D eigenvalue weighted by atomic mass is 16.5. The molecule has 1 aliphatic rings. The molecule has 0 saturated heterocycles. The molecule has 0 radical (unpaired) electrons. The van der Waals surface area contributed by atoms with E-state index in [4.69, 9.17) is 9.15 Å². The Morgan fingerprint density at radius 2 is 2.00 bits per heavy atom. The van der Waals surface area contributed by atoms with Crippen molar-refractivity contribution < 1.29 is 18.7 Å². The number of carbonyl (C=O) groups is 2. The van der Waals surface area contributed by atoms with Gasteiger partial charge in [0, 0.05) is 35.9 Å². The van der Waals surface area contributed by atoms with Crippen LogP contribution in [-0.2, 0) is 13.1 Å². The van der Waals surface area contributed by atoms with Crippen molar-refractivity contribution in [3.63, 3.8) is 0 Å². The van der Waals surface area contributed by atoms with E-state index in [1.165, 1.54) is 0 Å². The highest BCUT2D eigenvalue weighted by Crippen LogP contribution is 2.27. The van der Waals surface area contributed by atoms with Crippen LogP contribution in [0.2, 0.25) is 0 Å². The van der Waals surface area contributed by atoms with E-state index in [1.807, 2.05) is 31.2 Å². The Morgan fingerprint density at radius 3 is 2.84 bits per heavy atom. The summed E-state index contributed by atoms with van der Waals surface area (Å²) in [7, 11) is 0. The van der Waals surface area contributed by atoms with Gasteiger partial charge in [-0.3, -0.25) is 14.3 Å². The topological polar surface area (TPSA) is 89.6 Å². The monoisotopic (exact) mass is 430 g/mol. The van der Waals surface area contributed by atoms with E-state index in [9.17, 15) is 9.59 Å². The fourth-order valence-electron chi connectivity index (χ4n) is 3.74. The number of aryl methyl sites for hydroxylation is 1. The molecule has 2 aromatic heterocycles. The van der Waals surface area contributed by atoms with E-state index >= 15 is 0 Å². The van der Waals surface area contributed by atoms with Crippen molar-refractivity contribution >= 4 is 28.5 Å². The summed E-state index contributed by atoms with van der Waals surface area (Å²) in [6.45, 7) is 4.00. The van der Waals surface area contributed by atoms with Crippen LogP contribution in [0.4, 0.5) is 5.69 Å². The molecule has 162 valence electrons. The van der Waals surface area contributed by atoms with E-state index in [1.54, 1.807) is 46.1 Å². The summed E-state index contributed by atoms with van der Waals surface area (Å²) in [6, 6.07) is 16.4. The van der Waals surface area contributed by atoms with Crippen LogP contribution in [0.25, 0.3) is 11.0 Å². The van der Waals surface area contributed by atoms with Crippen LogP contribution in [0.5, 0.6) is 5.75 Å². The van der Waals surface area contributed by atoms with Gasteiger partial charge in [0.25, 0.3) is 11.8 Å². The summed E-state index contributed by atoms with van der Waals surface area (Å²) in [5, 5.41) is 7.79. The molecule has 8 nitrogen and oxygen atoms in total. The van der Waals surface area contributed by atoms with Crippen molar-refractivity contribution in [1.29, 1.82) is 0 Å². The molecule has 0 saturated carbocycles. The molecule has 0 spiro atoms. The summed E-state index contributed by atoms with van der Waals surface area (Å²) in [5.41, 5.74) is 2.49. The molecule has 2 amide bonds. The average Bonchev–Trinajstić information content (AvgIpc) is 3.40. The third kappa shape index (κ3) is 3.82. The first-order chi connectivity index (χ1) is 15.6. The SMILES string of the molecule is CCn1ccc(C(=O)Nc2ccc3oc(C(=O)N4CCOc5ccccc5C4)cc3c2)n1. The predicted molar refractivity (Wildman–Crippen MR) is 119 cm³/mol. The Morgan fingerprint density at radius 1 is 1.12 bits per heavy atom. The standard InChI is InChI=1S/C24H22N4O4/c1-2-28-10-9-19(26-28)23(29)25-18-7-8-21-17(13-18)14-22(32-21)24(30)27-11-12-31-20-6-4-3-5-16(20)15-27/h3-10,13-14H,2,11-12,15H2,1H3,(H,25,29). The zero-order valence-electron chi connectivity index (χ0n) is 17.6. The molecule has 1 aliphatic heterocycles. The number of anilines is 1. The molecule has 4 aromatic rings. The van der Waals surface area contributed by atoms with Gasteiger partial charge < -0.3 is 19.4 Å². The maximum Gasteiger partial charge on any atom is 0.290 e. The highest BCUT2D eigenvalue weighted by molar-refractivity contribution is 6.04. The third-order valence-electron chi connectivity index (χ3n) is 5.42. The van der Waals surface area contributed by atoms with Gasteiger partial charge in [-0.15, -0.1) is 0 Å². The van der Waals surface area contributed by atoms with Gasteiger partial charge in [0.2, 0.25) is 0 Å². The van der Waals surface area contributed by atoms with E-state index in [2.05, 4.69) is 10.4 Å². The summed E-state index contributed by atoms with van der Waals surface area (Å²) < 4.78 is 13.3. The Hall–Kier alpha value is -4.07. The second kappa shape index (κ2) is 8.22. The zero-order chi connectivity index (χ0) is 22.1. The molecule has 3 heterocycles. The van der Waals surface area contributed by atoms with Crippen molar-refractivity contribution in [1.82, 2.24) is 14.7 Å². The summed E-state index contributed by atoms with van der Waals surface area (Å²) in [4.78, 5) is 27.3. The molecule has 32 heavy (non-hydrogen) atoms. The molecular formula is C24H22N4O4. The van der Waals surface area contributed by atoms with Gasteiger partial charge in [0.05, 0.1) is 6.54 Å². The fraction of sp³-hybridized carbons (Fsp3) is 0.208. The van der Waals surface area contributed by atoms with Crippen molar-refractivity contribution in [3.05, 3.63) is 77.8 Å². The zero-order valence-corrected chi connectivity index (χ0v) is 17.6. The molecule has 8 heteroatoms. The molecule has 0 fully saturated rings. The third-order valence-corrected chi connectivity index (χ3v) is 5.42. The average molecular weight is 430 g/mol. The Labute approximate surface area is 184 Å². The van der Waals surface area contributed by atoms with Crippen LogP contribution in [0.1, 0.15) is 33.5 Å². The second-order valence-corrected chi connectivity index (χ2v) is 7.56. The first kappa shape index (κ1) is 19.9.